The molecular formula is C14H19NO3S. The van der Waals surface area contributed by atoms with Gasteiger partial charge in [0.15, 0.2) is 0 Å². The van der Waals surface area contributed by atoms with Crippen molar-refractivity contribution in [2.75, 3.05) is 6.54 Å². The Labute approximate surface area is 117 Å². The van der Waals surface area contributed by atoms with Crippen LogP contribution < -0.4 is 0 Å². The lowest BCUT2D eigenvalue weighted by molar-refractivity contribution is -0.126. The molecule has 0 aliphatic carbocycles. The number of aryl methyl sites for hydroxylation is 1. The Bertz CT molecular complexity index is 501. The summed E-state index contributed by atoms with van der Waals surface area (Å²) in [7, 11) is 0. The highest BCUT2D eigenvalue weighted by atomic mass is 32.1. The van der Waals surface area contributed by atoms with E-state index < -0.39 is 11.7 Å². The fraction of sp³-hybridized carbons (Fsp3) is 0.571. The third-order valence-corrected chi connectivity index (χ3v) is 4.07. The number of hydrogen-bond donors (Lipinski definition) is 0. The Balaban J connectivity index is 2.05. The normalized spacial score (nSPS) is 19.9. The average molecular weight is 281 g/mol. The van der Waals surface area contributed by atoms with Crippen molar-refractivity contribution in [2.45, 2.75) is 45.6 Å². The highest BCUT2D eigenvalue weighted by Crippen LogP contribution is 2.33. The molecule has 2 heterocycles. The fourth-order valence-corrected chi connectivity index (χ4v) is 3.03. The van der Waals surface area contributed by atoms with Crippen LogP contribution in [0.4, 0.5) is 4.79 Å². The smallest absolute Gasteiger partial charge is 0.417 e. The van der Waals surface area contributed by atoms with E-state index in [1.807, 2.05) is 19.1 Å². The van der Waals surface area contributed by atoms with Crippen molar-refractivity contribution in [3.63, 3.8) is 0 Å². The molecule has 4 nitrogen and oxygen atoms in total. The second-order valence-corrected chi connectivity index (χ2v) is 7.15. The van der Waals surface area contributed by atoms with Crippen molar-refractivity contribution >= 4 is 23.3 Å². The maximum absolute atomic E-state index is 11.9. The molecule has 1 unspecified atom stereocenters. The molecule has 0 aromatic carbocycles. The van der Waals surface area contributed by atoms with E-state index in [2.05, 4.69) is 0 Å². The van der Waals surface area contributed by atoms with Gasteiger partial charge in [-0.2, -0.15) is 0 Å². The van der Waals surface area contributed by atoms with E-state index >= 15 is 0 Å². The van der Waals surface area contributed by atoms with Gasteiger partial charge in [0, 0.05) is 28.6 Å². The van der Waals surface area contributed by atoms with Gasteiger partial charge in [0.25, 0.3) is 0 Å². The number of carbonyl (C=O) groups is 2. The third-order valence-electron chi connectivity index (χ3n) is 2.90. The SMILES string of the molecule is Cc1ccc(C2CC(=O)N(C(=O)OC(C)(C)C)C2)s1. The number of carbonyl (C=O) groups excluding carboxylic acids is 2. The van der Waals surface area contributed by atoms with E-state index in [0.29, 0.717) is 13.0 Å². The first-order valence-corrected chi connectivity index (χ1v) is 7.17. The van der Waals surface area contributed by atoms with E-state index in [1.165, 1.54) is 9.78 Å². The average Bonchev–Trinajstić information content (AvgIpc) is 2.82. The number of nitrogens with zero attached hydrogens (tertiary/aromatic N) is 1. The molecule has 0 N–H and O–H groups in total. The summed E-state index contributed by atoms with van der Waals surface area (Å²) in [5, 5.41) is 0. The summed E-state index contributed by atoms with van der Waals surface area (Å²) in [5.41, 5.74) is -0.574. The van der Waals surface area contributed by atoms with Crippen molar-refractivity contribution in [1.29, 1.82) is 0 Å². The van der Waals surface area contributed by atoms with Crippen molar-refractivity contribution in [3.8, 4) is 0 Å². The van der Waals surface area contributed by atoms with Crippen LogP contribution in [0.2, 0.25) is 0 Å². The monoisotopic (exact) mass is 281 g/mol. The van der Waals surface area contributed by atoms with Crippen LogP contribution in [-0.4, -0.2) is 29.0 Å². The molecule has 0 bridgehead atoms. The molecule has 2 amide bonds. The predicted octanol–water partition coefficient (Wildman–Crippen LogP) is 3.31. The molecule has 0 saturated carbocycles. The Morgan fingerprint density at radius 1 is 1.42 bits per heavy atom. The second kappa shape index (κ2) is 4.96. The predicted molar refractivity (Wildman–Crippen MR) is 74.4 cm³/mol. The largest absolute Gasteiger partial charge is 0.443 e. The number of likely N-dealkylation sites (tertiary alicyclic amines) is 1. The van der Waals surface area contributed by atoms with Gasteiger partial charge in [-0.15, -0.1) is 11.3 Å². The van der Waals surface area contributed by atoms with E-state index in [1.54, 1.807) is 32.1 Å². The van der Waals surface area contributed by atoms with Crippen LogP contribution in [0.5, 0.6) is 0 Å². The standard InChI is InChI=1S/C14H19NO3S/c1-9-5-6-11(19-9)10-7-12(16)15(8-10)13(17)18-14(2,3)4/h5-6,10H,7-8H2,1-4H3. The van der Waals surface area contributed by atoms with Gasteiger partial charge in [0.05, 0.1) is 0 Å². The van der Waals surface area contributed by atoms with Crippen molar-refractivity contribution in [1.82, 2.24) is 4.90 Å². The van der Waals surface area contributed by atoms with Gasteiger partial charge < -0.3 is 4.74 Å². The minimum atomic E-state index is -0.574. The summed E-state index contributed by atoms with van der Waals surface area (Å²) >= 11 is 1.68. The molecule has 1 aliphatic heterocycles. The number of hydrogen-bond acceptors (Lipinski definition) is 4. The van der Waals surface area contributed by atoms with Crippen LogP contribution in [0.15, 0.2) is 12.1 Å². The molecule has 5 heteroatoms. The Morgan fingerprint density at radius 3 is 2.63 bits per heavy atom. The highest BCUT2D eigenvalue weighted by Gasteiger charge is 2.37. The van der Waals surface area contributed by atoms with Crippen LogP contribution in [0.25, 0.3) is 0 Å². The van der Waals surface area contributed by atoms with Gasteiger partial charge in [-0.3, -0.25) is 4.79 Å². The van der Waals surface area contributed by atoms with Crippen LogP contribution in [0, 0.1) is 6.92 Å². The van der Waals surface area contributed by atoms with Crippen molar-refractivity contribution in [3.05, 3.63) is 21.9 Å². The van der Waals surface area contributed by atoms with E-state index in [0.717, 1.165) is 4.88 Å². The molecule has 1 aliphatic rings. The zero-order chi connectivity index (χ0) is 14.2. The number of imide groups is 1. The Morgan fingerprint density at radius 2 is 2.11 bits per heavy atom. The van der Waals surface area contributed by atoms with Crippen molar-refractivity contribution < 1.29 is 14.3 Å². The summed E-state index contributed by atoms with van der Waals surface area (Å²) in [4.78, 5) is 27.5. The van der Waals surface area contributed by atoms with Crippen LogP contribution >= 0.6 is 11.3 Å². The molecule has 19 heavy (non-hydrogen) atoms. The van der Waals surface area contributed by atoms with Gasteiger partial charge >= 0.3 is 6.09 Å². The highest BCUT2D eigenvalue weighted by molar-refractivity contribution is 7.12. The summed E-state index contributed by atoms with van der Waals surface area (Å²) in [6.45, 7) is 7.85. The molecule has 1 aromatic rings. The van der Waals surface area contributed by atoms with Gasteiger partial charge in [-0.05, 0) is 39.8 Å². The molecule has 1 saturated heterocycles. The molecule has 2 rings (SSSR count). The number of ether oxygens (including phenoxy) is 1. The van der Waals surface area contributed by atoms with E-state index in [-0.39, 0.29) is 11.8 Å². The lowest BCUT2D eigenvalue weighted by Gasteiger charge is -2.23. The first-order chi connectivity index (χ1) is 8.76. The lowest BCUT2D eigenvalue weighted by atomic mass is 10.1. The summed E-state index contributed by atoms with van der Waals surface area (Å²) < 4.78 is 5.25. The Kier molecular flexibility index (Phi) is 3.67. The van der Waals surface area contributed by atoms with Crippen LogP contribution in [0.1, 0.15) is 42.9 Å². The molecule has 0 spiro atoms. The Hall–Kier alpha value is -1.36. The number of thiophene rings is 1. The summed E-state index contributed by atoms with van der Waals surface area (Å²) in [6, 6.07) is 4.08. The van der Waals surface area contributed by atoms with E-state index in [9.17, 15) is 9.59 Å². The summed E-state index contributed by atoms with van der Waals surface area (Å²) in [6.07, 6.45) is -0.146. The zero-order valence-corrected chi connectivity index (χ0v) is 12.5. The van der Waals surface area contributed by atoms with E-state index in [4.69, 9.17) is 4.74 Å². The van der Waals surface area contributed by atoms with Crippen LogP contribution in [-0.2, 0) is 9.53 Å². The maximum atomic E-state index is 11.9. The molecule has 1 aromatic heterocycles. The lowest BCUT2D eigenvalue weighted by Crippen LogP contribution is -2.37. The topological polar surface area (TPSA) is 46.6 Å². The molecule has 104 valence electrons. The maximum Gasteiger partial charge on any atom is 0.417 e. The second-order valence-electron chi connectivity index (χ2n) is 5.83. The molecule has 0 radical (unpaired) electrons. The van der Waals surface area contributed by atoms with Gasteiger partial charge in [0.2, 0.25) is 5.91 Å². The van der Waals surface area contributed by atoms with Crippen LogP contribution in [0.3, 0.4) is 0 Å². The minimum absolute atomic E-state index is 0.110. The number of amides is 2. The quantitative estimate of drug-likeness (QED) is 0.793. The number of rotatable bonds is 1. The molecule has 1 fully saturated rings. The third kappa shape index (κ3) is 3.35. The van der Waals surface area contributed by atoms with Crippen molar-refractivity contribution in [2.24, 2.45) is 0 Å². The molecular weight excluding hydrogens is 262 g/mol. The minimum Gasteiger partial charge on any atom is -0.443 e. The first-order valence-electron chi connectivity index (χ1n) is 6.36. The van der Waals surface area contributed by atoms with Gasteiger partial charge in [-0.25, -0.2) is 9.69 Å². The summed E-state index contributed by atoms with van der Waals surface area (Å²) in [5.74, 6) is -0.0379. The van der Waals surface area contributed by atoms with Gasteiger partial charge in [-0.1, -0.05) is 0 Å². The fourth-order valence-electron chi connectivity index (χ4n) is 2.06. The zero-order valence-electron chi connectivity index (χ0n) is 11.7. The first kappa shape index (κ1) is 14.1. The van der Waals surface area contributed by atoms with Gasteiger partial charge in [0.1, 0.15) is 5.60 Å². The molecule has 1 atom stereocenters.